The summed E-state index contributed by atoms with van der Waals surface area (Å²) in [6.07, 6.45) is 43.7. The SMILES string of the molecule is CC/C=C\C/C=C\C/C=C\C/C=C\CCCCC(CCCCCCCC(=O)NCC(=O)O)OC(=O)CCCCCCCCCCC. The second-order valence-electron chi connectivity index (χ2n) is 12.5. The number of amides is 1. The minimum Gasteiger partial charge on any atom is -0.480 e. The van der Waals surface area contributed by atoms with Crippen LogP contribution in [-0.2, 0) is 19.1 Å². The van der Waals surface area contributed by atoms with Crippen LogP contribution in [0.3, 0.4) is 0 Å². The van der Waals surface area contributed by atoms with Gasteiger partial charge in [0.05, 0.1) is 0 Å². The van der Waals surface area contributed by atoms with E-state index in [1.807, 2.05) is 0 Å². The molecule has 0 aliphatic carbocycles. The molecular formula is C40H69NO5. The average Bonchev–Trinajstić information content (AvgIpc) is 3.04. The molecule has 6 heteroatoms. The molecule has 0 aromatic carbocycles. The number of hydrogen-bond donors (Lipinski definition) is 2. The van der Waals surface area contributed by atoms with Gasteiger partial charge >= 0.3 is 11.9 Å². The van der Waals surface area contributed by atoms with Crippen LogP contribution < -0.4 is 5.32 Å². The van der Waals surface area contributed by atoms with Gasteiger partial charge in [-0.3, -0.25) is 14.4 Å². The summed E-state index contributed by atoms with van der Waals surface area (Å²) in [6.45, 7) is 4.08. The summed E-state index contributed by atoms with van der Waals surface area (Å²) in [5.41, 5.74) is 0. The Morgan fingerprint density at radius 3 is 1.63 bits per heavy atom. The molecule has 0 aromatic rings. The molecule has 0 aliphatic rings. The van der Waals surface area contributed by atoms with Gasteiger partial charge in [0.2, 0.25) is 5.91 Å². The fourth-order valence-electron chi connectivity index (χ4n) is 5.27. The Morgan fingerprint density at radius 1 is 0.587 bits per heavy atom. The molecule has 0 saturated carbocycles. The highest BCUT2D eigenvalue weighted by Gasteiger charge is 2.14. The normalized spacial score (nSPS) is 12.6. The van der Waals surface area contributed by atoms with Crippen molar-refractivity contribution >= 4 is 17.8 Å². The summed E-state index contributed by atoms with van der Waals surface area (Å²) in [7, 11) is 0. The molecule has 0 heterocycles. The molecule has 1 unspecified atom stereocenters. The van der Waals surface area contributed by atoms with Gasteiger partial charge in [0.15, 0.2) is 0 Å². The third-order valence-corrected chi connectivity index (χ3v) is 8.02. The smallest absolute Gasteiger partial charge is 0.322 e. The number of aliphatic carboxylic acids is 1. The van der Waals surface area contributed by atoms with Crippen molar-refractivity contribution in [3.63, 3.8) is 0 Å². The summed E-state index contributed by atoms with van der Waals surface area (Å²) in [5, 5.41) is 11.1. The number of carboxylic acid groups (broad SMARTS) is 1. The number of carboxylic acids is 1. The minimum absolute atomic E-state index is 0.00899. The van der Waals surface area contributed by atoms with Gasteiger partial charge in [0.1, 0.15) is 12.6 Å². The molecule has 6 nitrogen and oxygen atoms in total. The van der Waals surface area contributed by atoms with Crippen LogP contribution in [0.4, 0.5) is 0 Å². The lowest BCUT2D eigenvalue weighted by Gasteiger charge is -2.18. The number of ether oxygens (including phenoxy) is 1. The Kier molecular flexibility index (Phi) is 33.2. The van der Waals surface area contributed by atoms with E-state index >= 15 is 0 Å². The first-order valence-corrected chi connectivity index (χ1v) is 18.8. The average molecular weight is 644 g/mol. The van der Waals surface area contributed by atoms with Crippen molar-refractivity contribution < 1.29 is 24.2 Å². The number of carbonyl (C=O) groups excluding carboxylic acids is 2. The summed E-state index contributed by atoms with van der Waals surface area (Å²) >= 11 is 0. The number of carbonyl (C=O) groups is 3. The standard InChI is InChI=1S/C40H69NO5/c1-3-5-7-9-11-13-14-15-16-17-18-20-21-24-28-32-37(33-29-25-23-26-30-34-38(42)41-36-39(43)44)46-40(45)35-31-27-22-19-12-10-8-6-4-2/h5,7,11,13,15-16,18,20,37H,3-4,6,8-10,12,14,17,19,21-36H2,1-2H3,(H,41,42)(H,43,44)/b7-5-,13-11-,16-15-,20-18-. The van der Waals surface area contributed by atoms with Crippen molar-refractivity contribution in [1.82, 2.24) is 5.32 Å². The van der Waals surface area contributed by atoms with E-state index in [2.05, 4.69) is 67.8 Å². The van der Waals surface area contributed by atoms with Crippen molar-refractivity contribution in [3.05, 3.63) is 48.6 Å². The molecule has 0 rings (SSSR count). The number of esters is 1. The van der Waals surface area contributed by atoms with Gasteiger partial charge in [-0.2, -0.15) is 0 Å². The Balaban J connectivity index is 4.30. The van der Waals surface area contributed by atoms with E-state index in [1.54, 1.807) is 0 Å². The predicted molar refractivity (Wildman–Crippen MR) is 194 cm³/mol. The summed E-state index contributed by atoms with van der Waals surface area (Å²) < 4.78 is 5.97. The van der Waals surface area contributed by atoms with Crippen LogP contribution in [0, 0.1) is 0 Å². The highest BCUT2D eigenvalue weighted by molar-refractivity contribution is 5.80. The first kappa shape index (κ1) is 43.4. The van der Waals surface area contributed by atoms with E-state index in [4.69, 9.17) is 9.84 Å². The number of allylic oxidation sites excluding steroid dienone is 8. The fourth-order valence-corrected chi connectivity index (χ4v) is 5.27. The maximum Gasteiger partial charge on any atom is 0.322 e. The van der Waals surface area contributed by atoms with Crippen molar-refractivity contribution in [2.75, 3.05) is 6.54 Å². The number of nitrogens with one attached hydrogen (secondary N) is 1. The van der Waals surface area contributed by atoms with E-state index in [-0.39, 0.29) is 24.5 Å². The molecule has 0 saturated heterocycles. The largest absolute Gasteiger partial charge is 0.480 e. The molecule has 0 spiro atoms. The maximum absolute atomic E-state index is 12.6. The summed E-state index contributed by atoms with van der Waals surface area (Å²) in [4.78, 5) is 34.8. The third-order valence-electron chi connectivity index (χ3n) is 8.02. The summed E-state index contributed by atoms with van der Waals surface area (Å²) in [6, 6.07) is 0. The van der Waals surface area contributed by atoms with E-state index in [9.17, 15) is 14.4 Å². The van der Waals surface area contributed by atoms with Gasteiger partial charge in [-0.15, -0.1) is 0 Å². The predicted octanol–water partition coefficient (Wildman–Crippen LogP) is 11.1. The number of unbranched alkanes of at least 4 members (excludes halogenated alkanes) is 14. The van der Waals surface area contributed by atoms with Crippen molar-refractivity contribution in [2.24, 2.45) is 0 Å². The minimum atomic E-state index is -1.02. The van der Waals surface area contributed by atoms with E-state index in [0.717, 1.165) is 103 Å². The number of hydrogen-bond acceptors (Lipinski definition) is 4. The first-order chi connectivity index (χ1) is 22.5. The van der Waals surface area contributed by atoms with Crippen LogP contribution in [0.2, 0.25) is 0 Å². The molecule has 2 N–H and O–H groups in total. The third kappa shape index (κ3) is 34.2. The highest BCUT2D eigenvalue weighted by Crippen LogP contribution is 2.18. The molecule has 1 amide bonds. The van der Waals surface area contributed by atoms with Gasteiger partial charge in [0, 0.05) is 12.8 Å². The molecule has 0 radical (unpaired) electrons. The van der Waals surface area contributed by atoms with Gasteiger partial charge in [-0.1, -0.05) is 133 Å². The highest BCUT2D eigenvalue weighted by atomic mass is 16.5. The lowest BCUT2D eigenvalue weighted by molar-refractivity contribution is -0.150. The lowest BCUT2D eigenvalue weighted by Crippen LogP contribution is -2.28. The zero-order valence-corrected chi connectivity index (χ0v) is 29.7. The molecule has 1 atom stereocenters. The van der Waals surface area contributed by atoms with Gasteiger partial charge in [0.25, 0.3) is 0 Å². The van der Waals surface area contributed by atoms with Crippen LogP contribution in [0.1, 0.15) is 174 Å². The van der Waals surface area contributed by atoms with Crippen LogP contribution in [0.25, 0.3) is 0 Å². The van der Waals surface area contributed by atoms with Gasteiger partial charge in [-0.25, -0.2) is 0 Å². The van der Waals surface area contributed by atoms with Gasteiger partial charge in [-0.05, 0) is 77.0 Å². The van der Waals surface area contributed by atoms with E-state index < -0.39 is 5.97 Å². The zero-order valence-electron chi connectivity index (χ0n) is 29.7. The molecule has 0 fully saturated rings. The molecule has 0 aromatic heterocycles. The summed E-state index contributed by atoms with van der Waals surface area (Å²) in [5.74, 6) is -1.27. The Morgan fingerprint density at radius 2 is 1.07 bits per heavy atom. The maximum atomic E-state index is 12.6. The van der Waals surface area contributed by atoms with Crippen LogP contribution >= 0.6 is 0 Å². The monoisotopic (exact) mass is 644 g/mol. The van der Waals surface area contributed by atoms with Crippen molar-refractivity contribution in [2.45, 2.75) is 180 Å². The molecule has 0 aliphatic heterocycles. The topological polar surface area (TPSA) is 92.7 Å². The van der Waals surface area contributed by atoms with Crippen LogP contribution in [0.5, 0.6) is 0 Å². The molecule has 0 bridgehead atoms. The van der Waals surface area contributed by atoms with E-state index in [0.29, 0.717) is 12.8 Å². The second-order valence-corrected chi connectivity index (χ2v) is 12.5. The Hall–Kier alpha value is -2.63. The lowest BCUT2D eigenvalue weighted by atomic mass is 10.0. The Bertz CT molecular complexity index is 845. The second kappa shape index (κ2) is 35.2. The first-order valence-electron chi connectivity index (χ1n) is 18.8. The van der Waals surface area contributed by atoms with Crippen molar-refractivity contribution in [1.29, 1.82) is 0 Å². The molecule has 264 valence electrons. The molecule has 46 heavy (non-hydrogen) atoms. The fraction of sp³-hybridized carbons (Fsp3) is 0.725. The Labute approximate surface area is 282 Å². The van der Waals surface area contributed by atoms with Crippen LogP contribution in [-0.4, -0.2) is 35.6 Å². The molecular weight excluding hydrogens is 574 g/mol. The number of rotatable bonds is 33. The van der Waals surface area contributed by atoms with Crippen LogP contribution in [0.15, 0.2) is 48.6 Å². The van der Waals surface area contributed by atoms with E-state index in [1.165, 1.54) is 44.9 Å². The van der Waals surface area contributed by atoms with Crippen molar-refractivity contribution in [3.8, 4) is 0 Å². The zero-order chi connectivity index (χ0) is 33.8. The van der Waals surface area contributed by atoms with Gasteiger partial charge < -0.3 is 15.2 Å². The quantitative estimate of drug-likeness (QED) is 0.0422.